The lowest BCUT2D eigenvalue weighted by Gasteiger charge is -2.18. The summed E-state index contributed by atoms with van der Waals surface area (Å²) < 4.78 is 1.72. The number of likely N-dealkylation sites (tertiary alicyclic amines) is 1. The van der Waals surface area contributed by atoms with Crippen molar-refractivity contribution >= 4 is 5.97 Å². The average Bonchev–Trinajstić information content (AvgIpc) is 2.83. The molecule has 0 aliphatic carbocycles. The summed E-state index contributed by atoms with van der Waals surface area (Å²) in [5.41, 5.74) is 0.264. The Bertz CT molecular complexity index is 375. The maximum Gasteiger partial charge on any atom is 0.338 e. The average molecular weight is 223 g/mol. The number of rotatable bonds is 4. The molecule has 1 aliphatic rings. The van der Waals surface area contributed by atoms with Crippen LogP contribution in [0.4, 0.5) is 0 Å². The maximum absolute atomic E-state index is 10.7. The molecule has 1 atom stereocenters. The van der Waals surface area contributed by atoms with E-state index in [0.29, 0.717) is 6.04 Å². The highest BCUT2D eigenvalue weighted by molar-refractivity contribution is 5.86. The zero-order valence-electron chi connectivity index (χ0n) is 9.46. The van der Waals surface area contributed by atoms with Crippen LogP contribution in [0, 0.1) is 0 Å². The molecule has 88 valence electrons. The van der Waals surface area contributed by atoms with Crippen LogP contribution in [0.2, 0.25) is 0 Å². The van der Waals surface area contributed by atoms with Gasteiger partial charge in [0, 0.05) is 18.8 Å². The van der Waals surface area contributed by atoms with E-state index in [1.165, 1.54) is 25.6 Å². The van der Waals surface area contributed by atoms with Gasteiger partial charge in [0.25, 0.3) is 0 Å². The minimum atomic E-state index is -0.913. The van der Waals surface area contributed by atoms with Gasteiger partial charge in [0.15, 0.2) is 0 Å². The molecule has 1 fully saturated rings. The molecule has 0 amide bonds. The van der Waals surface area contributed by atoms with Crippen LogP contribution in [0.1, 0.15) is 29.6 Å². The highest BCUT2D eigenvalue weighted by Crippen LogP contribution is 2.18. The van der Waals surface area contributed by atoms with E-state index in [4.69, 9.17) is 5.11 Å². The Hall–Kier alpha value is -1.36. The summed E-state index contributed by atoms with van der Waals surface area (Å²) in [6.07, 6.45) is 6.54. The number of hydrogen-bond acceptors (Lipinski definition) is 3. The fourth-order valence-electron chi connectivity index (χ4n) is 2.22. The Kier molecular flexibility index (Phi) is 3.24. The van der Waals surface area contributed by atoms with Gasteiger partial charge in [-0.15, -0.1) is 0 Å². The molecule has 2 rings (SSSR count). The first-order valence-corrected chi connectivity index (χ1v) is 5.63. The quantitative estimate of drug-likeness (QED) is 0.829. The number of aromatic nitrogens is 2. The predicted molar refractivity (Wildman–Crippen MR) is 59.5 cm³/mol. The van der Waals surface area contributed by atoms with Crippen LogP contribution < -0.4 is 0 Å². The molecule has 1 aromatic rings. The Morgan fingerprint density at radius 3 is 3.06 bits per heavy atom. The summed E-state index contributed by atoms with van der Waals surface area (Å²) in [6.45, 7) is 1.96. The van der Waals surface area contributed by atoms with E-state index in [9.17, 15) is 4.79 Å². The van der Waals surface area contributed by atoms with Gasteiger partial charge < -0.3 is 10.0 Å². The number of hydrogen-bond donors (Lipinski definition) is 1. The molecule has 0 unspecified atom stereocenters. The van der Waals surface area contributed by atoms with Gasteiger partial charge in [-0.25, -0.2) is 4.79 Å². The highest BCUT2D eigenvalue weighted by atomic mass is 16.4. The number of carbonyl (C=O) groups is 1. The normalized spacial score (nSPS) is 21.4. The van der Waals surface area contributed by atoms with Gasteiger partial charge in [0.2, 0.25) is 0 Å². The van der Waals surface area contributed by atoms with Crippen LogP contribution >= 0.6 is 0 Å². The molecule has 0 spiro atoms. The molecular weight excluding hydrogens is 206 g/mol. The first-order valence-electron chi connectivity index (χ1n) is 5.63. The van der Waals surface area contributed by atoms with Crippen LogP contribution in [-0.4, -0.2) is 45.4 Å². The van der Waals surface area contributed by atoms with Crippen molar-refractivity contribution in [1.82, 2.24) is 14.7 Å². The second-order valence-electron chi connectivity index (χ2n) is 4.36. The van der Waals surface area contributed by atoms with Crippen molar-refractivity contribution in [2.45, 2.75) is 31.8 Å². The number of carboxylic acids is 1. The number of aryl methyl sites for hydroxylation is 1. The minimum Gasteiger partial charge on any atom is -0.478 e. The highest BCUT2D eigenvalue weighted by Gasteiger charge is 2.20. The van der Waals surface area contributed by atoms with Crippen molar-refractivity contribution in [2.75, 3.05) is 13.6 Å². The molecule has 0 aromatic carbocycles. The van der Waals surface area contributed by atoms with Crippen molar-refractivity contribution < 1.29 is 9.90 Å². The second-order valence-corrected chi connectivity index (χ2v) is 4.36. The van der Waals surface area contributed by atoms with Crippen molar-refractivity contribution in [3.05, 3.63) is 18.0 Å². The van der Waals surface area contributed by atoms with Gasteiger partial charge in [-0.05, 0) is 32.9 Å². The van der Waals surface area contributed by atoms with E-state index in [-0.39, 0.29) is 5.56 Å². The van der Waals surface area contributed by atoms with Crippen LogP contribution in [0.15, 0.2) is 12.4 Å². The topological polar surface area (TPSA) is 58.4 Å². The second kappa shape index (κ2) is 4.65. The van der Waals surface area contributed by atoms with Crippen LogP contribution in [0.3, 0.4) is 0 Å². The minimum absolute atomic E-state index is 0.264. The van der Waals surface area contributed by atoms with E-state index in [1.807, 2.05) is 0 Å². The Labute approximate surface area is 94.7 Å². The largest absolute Gasteiger partial charge is 0.478 e. The SMILES string of the molecule is CN1CCC[C@H]1CCn1cc(C(=O)O)cn1. The van der Waals surface area contributed by atoms with Crippen LogP contribution in [0.25, 0.3) is 0 Å². The van der Waals surface area contributed by atoms with Gasteiger partial charge in [0.1, 0.15) is 0 Å². The van der Waals surface area contributed by atoms with Gasteiger partial charge in [-0.1, -0.05) is 0 Å². The molecule has 2 heterocycles. The fourth-order valence-corrected chi connectivity index (χ4v) is 2.22. The third-order valence-corrected chi connectivity index (χ3v) is 3.24. The van der Waals surface area contributed by atoms with E-state index in [0.717, 1.165) is 13.0 Å². The monoisotopic (exact) mass is 223 g/mol. The van der Waals surface area contributed by atoms with E-state index in [2.05, 4.69) is 17.0 Å². The fraction of sp³-hybridized carbons (Fsp3) is 0.636. The first-order chi connectivity index (χ1) is 7.66. The number of carboxylic acid groups (broad SMARTS) is 1. The van der Waals surface area contributed by atoms with E-state index < -0.39 is 5.97 Å². The molecule has 0 saturated carbocycles. The summed E-state index contributed by atoms with van der Waals surface area (Å²) in [7, 11) is 2.14. The predicted octanol–water partition coefficient (Wildman–Crippen LogP) is 1.07. The Morgan fingerprint density at radius 2 is 2.50 bits per heavy atom. The molecule has 5 nitrogen and oxygen atoms in total. The van der Waals surface area contributed by atoms with E-state index in [1.54, 1.807) is 10.9 Å². The Morgan fingerprint density at radius 1 is 1.69 bits per heavy atom. The zero-order valence-corrected chi connectivity index (χ0v) is 9.46. The Balaban J connectivity index is 1.87. The maximum atomic E-state index is 10.7. The molecule has 1 saturated heterocycles. The molecular formula is C11H17N3O2. The third-order valence-electron chi connectivity index (χ3n) is 3.24. The summed E-state index contributed by atoms with van der Waals surface area (Å²) in [5.74, 6) is -0.913. The van der Waals surface area contributed by atoms with Gasteiger partial charge >= 0.3 is 5.97 Å². The lowest BCUT2D eigenvalue weighted by Crippen LogP contribution is -2.26. The molecule has 16 heavy (non-hydrogen) atoms. The van der Waals surface area contributed by atoms with Gasteiger partial charge in [0.05, 0.1) is 11.8 Å². The van der Waals surface area contributed by atoms with Crippen LogP contribution in [-0.2, 0) is 6.54 Å². The van der Waals surface area contributed by atoms with Crippen molar-refractivity contribution in [2.24, 2.45) is 0 Å². The number of aromatic carboxylic acids is 1. The molecule has 1 N–H and O–H groups in total. The molecule has 5 heteroatoms. The van der Waals surface area contributed by atoms with E-state index >= 15 is 0 Å². The summed E-state index contributed by atoms with van der Waals surface area (Å²) in [4.78, 5) is 13.0. The smallest absolute Gasteiger partial charge is 0.338 e. The molecule has 1 aliphatic heterocycles. The zero-order chi connectivity index (χ0) is 11.5. The number of nitrogens with zero attached hydrogens (tertiary/aromatic N) is 3. The first kappa shape index (κ1) is 11.1. The van der Waals surface area contributed by atoms with Gasteiger partial charge in [-0.3, -0.25) is 4.68 Å². The van der Waals surface area contributed by atoms with Gasteiger partial charge in [-0.2, -0.15) is 5.10 Å². The lowest BCUT2D eigenvalue weighted by atomic mass is 10.1. The van der Waals surface area contributed by atoms with Crippen molar-refractivity contribution in [3.63, 3.8) is 0 Å². The lowest BCUT2D eigenvalue weighted by molar-refractivity contribution is 0.0697. The summed E-state index contributed by atoms with van der Waals surface area (Å²) in [6, 6.07) is 0.623. The van der Waals surface area contributed by atoms with Crippen LogP contribution in [0.5, 0.6) is 0 Å². The molecule has 0 radical (unpaired) electrons. The molecule has 1 aromatic heterocycles. The summed E-state index contributed by atoms with van der Waals surface area (Å²) >= 11 is 0. The summed E-state index contributed by atoms with van der Waals surface area (Å²) in [5, 5.41) is 12.8. The van der Waals surface area contributed by atoms with Crippen molar-refractivity contribution in [3.8, 4) is 0 Å². The molecule has 0 bridgehead atoms. The van der Waals surface area contributed by atoms with Crippen molar-refractivity contribution in [1.29, 1.82) is 0 Å². The third kappa shape index (κ3) is 2.41. The standard InChI is InChI=1S/C11H17N3O2/c1-13-5-2-3-10(13)4-6-14-8-9(7-12-14)11(15)16/h7-8,10H,2-6H2,1H3,(H,15,16)/t10-/m0/s1.